The highest BCUT2D eigenvalue weighted by atomic mass is 32.2. The number of rotatable bonds is 4. The number of hydrogen-bond acceptors (Lipinski definition) is 4. The Balaban J connectivity index is 2.25. The van der Waals surface area contributed by atoms with Gasteiger partial charge in [-0.15, -0.1) is 0 Å². The zero-order chi connectivity index (χ0) is 14.8. The van der Waals surface area contributed by atoms with Gasteiger partial charge in [-0.05, 0) is 11.6 Å². The van der Waals surface area contributed by atoms with E-state index in [0.29, 0.717) is 6.54 Å². The van der Waals surface area contributed by atoms with Gasteiger partial charge in [0.1, 0.15) is 5.25 Å². The molecule has 106 valence electrons. The van der Waals surface area contributed by atoms with Crippen LogP contribution < -0.4 is 5.73 Å². The largest absolute Gasteiger partial charge is 0.366 e. The molecule has 0 saturated heterocycles. The maximum atomic E-state index is 11.3. The van der Waals surface area contributed by atoms with Crippen molar-refractivity contribution in [1.29, 1.82) is 0 Å². The third-order valence-electron chi connectivity index (χ3n) is 2.88. The first-order chi connectivity index (χ1) is 9.38. The van der Waals surface area contributed by atoms with Crippen LogP contribution in [0.4, 0.5) is 0 Å². The molecule has 1 aliphatic rings. The van der Waals surface area contributed by atoms with Crippen LogP contribution in [0.5, 0.6) is 0 Å². The highest BCUT2D eigenvalue weighted by molar-refractivity contribution is 7.86. The van der Waals surface area contributed by atoms with E-state index in [0.717, 1.165) is 5.56 Å². The Morgan fingerprint density at radius 1 is 1.30 bits per heavy atom. The van der Waals surface area contributed by atoms with Crippen molar-refractivity contribution in [2.24, 2.45) is 5.73 Å². The highest BCUT2D eigenvalue weighted by Crippen LogP contribution is 2.20. The second-order valence-electron chi connectivity index (χ2n) is 4.38. The molecule has 0 bridgehead atoms. The molecule has 20 heavy (non-hydrogen) atoms. The Morgan fingerprint density at radius 2 is 1.95 bits per heavy atom. The summed E-state index contributed by atoms with van der Waals surface area (Å²) in [5, 5.41) is -1.41. The lowest BCUT2D eigenvalue weighted by molar-refractivity contribution is -0.114. The average Bonchev–Trinajstić information content (AvgIpc) is 2.38. The van der Waals surface area contributed by atoms with Gasteiger partial charge in [-0.1, -0.05) is 30.3 Å². The normalized spacial score (nSPS) is 18.8. The SMILES string of the molecule is NC(=O)C1=CN(Cc2ccccc2)C=CC1S(=O)(=O)O. The molecule has 0 spiro atoms. The Hall–Kier alpha value is -2.12. The van der Waals surface area contributed by atoms with Gasteiger partial charge < -0.3 is 10.6 Å². The van der Waals surface area contributed by atoms with Gasteiger partial charge >= 0.3 is 0 Å². The molecule has 1 aliphatic heterocycles. The standard InChI is InChI=1S/C13H14N2O4S/c14-13(16)11-9-15(7-6-12(11)20(17,18)19)8-10-4-2-1-3-5-10/h1-7,9,12H,8H2,(H2,14,16)(H,17,18,19). The Kier molecular flexibility index (Phi) is 3.91. The summed E-state index contributed by atoms with van der Waals surface area (Å²) in [5.41, 5.74) is 5.99. The third-order valence-corrected chi connectivity index (χ3v) is 3.93. The number of amides is 1. The van der Waals surface area contributed by atoms with Crippen LogP contribution in [-0.4, -0.2) is 29.0 Å². The minimum absolute atomic E-state index is 0.161. The molecular formula is C13H14N2O4S. The highest BCUT2D eigenvalue weighted by Gasteiger charge is 2.31. The first kappa shape index (κ1) is 14.3. The summed E-state index contributed by atoms with van der Waals surface area (Å²) in [6, 6.07) is 9.45. The topological polar surface area (TPSA) is 101 Å². The number of nitrogens with two attached hydrogens (primary N) is 1. The van der Waals surface area contributed by atoms with E-state index in [9.17, 15) is 13.2 Å². The summed E-state index contributed by atoms with van der Waals surface area (Å²) in [4.78, 5) is 13.0. The smallest absolute Gasteiger partial charge is 0.275 e. The van der Waals surface area contributed by atoms with Gasteiger partial charge in [0.15, 0.2) is 0 Å². The molecule has 0 radical (unpaired) electrons. The molecule has 6 nitrogen and oxygen atoms in total. The van der Waals surface area contributed by atoms with Crippen molar-refractivity contribution in [3.63, 3.8) is 0 Å². The fourth-order valence-corrected chi connectivity index (χ4v) is 2.71. The fourth-order valence-electron chi connectivity index (χ4n) is 1.94. The van der Waals surface area contributed by atoms with Gasteiger partial charge in [0.05, 0.1) is 5.57 Å². The molecule has 0 fully saturated rings. The summed E-state index contributed by atoms with van der Waals surface area (Å²) in [7, 11) is -4.40. The minimum Gasteiger partial charge on any atom is -0.366 e. The maximum Gasteiger partial charge on any atom is 0.275 e. The maximum absolute atomic E-state index is 11.3. The van der Waals surface area contributed by atoms with Crippen LogP contribution in [0.15, 0.2) is 54.4 Å². The van der Waals surface area contributed by atoms with Gasteiger partial charge in [0, 0.05) is 18.9 Å². The summed E-state index contributed by atoms with van der Waals surface area (Å²) >= 11 is 0. The van der Waals surface area contributed by atoms with Crippen molar-refractivity contribution in [1.82, 2.24) is 4.90 Å². The van der Waals surface area contributed by atoms with Crippen LogP contribution in [0.1, 0.15) is 5.56 Å². The number of carbonyl (C=O) groups excluding carboxylic acids is 1. The van der Waals surface area contributed by atoms with Crippen LogP contribution in [0.3, 0.4) is 0 Å². The van der Waals surface area contributed by atoms with Crippen molar-refractivity contribution in [2.75, 3.05) is 0 Å². The minimum atomic E-state index is -4.40. The van der Waals surface area contributed by atoms with Gasteiger partial charge in [-0.3, -0.25) is 9.35 Å². The molecule has 1 atom stereocenters. The van der Waals surface area contributed by atoms with E-state index in [-0.39, 0.29) is 5.57 Å². The number of nitrogens with zero attached hydrogens (tertiary/aromatic N) is 1. The van der Waals surface area contributed by atoms with E-state index in [4.69, 9.17) is 10.3 Å². The Morgan fingerprint density at radius 3 is 2.50 bits per heavy atom. The molecular weight excluding hydrogens is 280 g/mol. The van der Waals surface area contributed by atoms with E-state index < -0.39 is 21.3 Å². The molecule has 1 amide bonds. The summed E-state index contributed by atoms with van der Waals surface area (Å²) in [6.45, 7) is 0.465. The van der Waals surface area contributed by atoms with Crippen LogP contribution in [-0.2, 0) is 21.5 Å². The quantitative estimate of drug-likeness (QED) is 0.794. The second kappa shape index (κ2) is 5.48. The van der Waals surface area contributed by atoms with Crippen LogP contribution in [0.2, 0.25) is 0 Å². The van der Waals surface area contributed by atoms with E-state index in [1.807, 2.05) is 30.3 Å². The zero-order valence-corrected chi connectivity index (χ0v) is 11.3. The summed E-state index contributed by atoms with van der Waals surface area (Å²) < 4.78 is 31.5. The van der Waals surface area contributed by atoms with Crippen molar-refractivity contribution in [3.05, 3.63) is 59.9 Å². The lowest BCUT2D eigenvalue weighted by atomic mass is 10.1. The molecule has 1 aromatic carbocycles. The molecule has 0 aromatic heterocycles. The number of primary amides is 1. The first-order valence-corrected chi connectivity index (χ1v) is 7.34. The molecule has 1 aromatic rings. The van der Waals surface area contributed by atoms with Gasteiger partial charge in [0.2, 0.25) is 5.91 Å². The molecule has 3 N–H and O–H groups in total. The van der Waals surface area contributed by atoms with E-state index in [1.165, 1.54) is 18.5 Å². The van der Waals surface area contributed by atoms with Crippen LogP contribution >= 0.6 is 0 Å². The van der Waals surface area contributed by atoms with Crippen molar-refractivity contribution in [2.45, 2.75) is 11.8 Å². The predicted molar refractivity (Wildman–Crippen MR) is 73.7 cm³/mol. The van der Waals surface area contributed by atoms with Gasteiger partial charge in [0.25, 0.3) is 10.1 Å². The van der Waals surface area contributed by atoms with Crippen molar-refractivity contribution >= 4 is 16.0 Å². The predicted octanol–water partition coefficient (Wildman–Crippen LogP) is 0.641. The number of hydrogen-bond donors (Lipinski definition) is 2. The van der Waals surface area contributed by atoms with E-state index in [1.54, 1.807) is 4.90 Å². The molecule has 0 saturated carbocycles. The number of benzene rings is 1. The molecule has 0 aliphatic carbocycles. The Bertz CT molecular complexity index is 665. The van der Waals surface area contributed by atoms with E-state index in [2.05, 4.69) is 0 Å². The third kappa shape index (κ3) is 3.25. The Labute approximate surface area is 116 Å². The molecule has 1 heterocycles. The summed E-state index contributed by atoms with van der Waals surface area (Å²) in [6.07, 6.45) is 4.07. The monoisotopic (exact) mass is 294 g/mol. The molecule has 2 rings (SSSR count). The second-order valence-corrected chi connectivity index (χ2v) is 5.92. The van der Waals surface area contributed by atoms with Crippen LogP contribution in [0.25, 0.3) is 0 Å². The van der Waals surface area contributed by atoms with Crippen molar-refractivity contribution in [3.8, 4) is 0 Å². The lowest BCUT2D eigenvalue weighted by Crippen LogP contribution is -2.33. The van der Waals surface area contributed by atoms with Crippen molar-refractivity contribution < 1.29 is 17.8 Å². The molecule has 7 heteroatoms. The molecule has 1 unspecified atom stereocenters. The summed E-state index contributed by atoms with van der Waals surface area (Å²) in [5.74, 6) is -0.880. The van der Waals surface area contributed by atoms with Gasteiger partial charge in [-0.2, -0.15) is 8.42 Å². The average molecular weight is 294 g/mol. The van der Waals surface area contributed by atoms with Gasteiger partial charge in [-0.25, -0.2) is 0 Å². The fraction of sp³-hybridized carbons (Fsp3) is 0.154. The number of carbonyl (C=O) groups is 1. The zero-order valence-electron chi connectivity index (χ0n) is 10.5. The lowest BCUT2D eigenvalue weighted by Gasteiger charge is -2.24. The first-order valence-electron chi connectivity index (χ1n) is 5.84. The van der Waals surface area contributed by atoms with E-state index >= 15 is 0 Å². The van der Waals surface area contributed by atoms with Crippen LogP contribution in [0, 0.1) is 0 Å².